The number of hydrogen-bond donors (Lipinski definition) is 2. The zero-order valence-corrected chi connectivity index (χ0v) is 11.7. The van der Waals surface area contributed by atoms with Gasteiger partial charge in [-0.3, -0.25) is 0 Å². The number of rotatable bonds is 2. The molecular weight excluding hydrogens is 275 g/mol. The smallest absolute Gasteiger partial charge is 0.456 e. The second kappa shape index (κ2) is 5.02. The molecule has 0 aliphatic rings. The van der Waals surface area contributed by atoms with Crippen LogP contribution in [0.25, 0.3) is 33.1 Å². The van der Waals surface area contributed by atoms with E-state index in [1.165, 1.54) is 0 Å². The van der Waals surface area contributed by atoms with E-state index in [1.54, 1.807) is 6.07 Å². The summed E-state index contributed by atoms with van der Waals surface area (Å²) in [5.41, 5.74) is 3.82. The molecule has 3 nitrogen and oxygen atoms in total. The molecule has 0 spiro atoms. The van der Waals surface area contributed by atoms with Crippen LogP contribution in [0.15, 0.2) is 71.1 Å². The van der Waals surface area contributed by atoms with Gasteiger partial charge in [0, 0.05) is 10.8 Å². The Balaban J connectivity index is 2.15. The molecule has 4 rings (SSSR count). The molecule has 1 aromatic heterocycles. The van der Waals surface area contributed by atoms with Crippen LogP contribution >= 0.6 is 0 Å². The van der Waals surface area contributed by atoms with Crippen molar-refractivity contribution in [3.8, 4) is 11.1 Å². The molecule has 106 valence electrons. The van der Waals surface area contributed by atoms with Crippen molar-refractivity contribution in [2.24, 2.45) is 0 Å². The highest BCUT2D eigenvalue weighted by Gasteiger charge is 2.18. The van der Waals surface area contributed by atoms with Gasteiger partial charge in [0.15, 0.2) is 0 Å². The number of furan rings is 1. The minimum atomic E-state index is -1.53. The van der Waals surface area contributed by atoms with Crippen LogP contribution < -0.4 is 5.46 Å². The first-order chi connectivity index (χ1) is 10.7. The zero-order chi connectivity index (χ0) is 15.1. The lowest BCUT2D eigenvalue weighted by Gasteiger charge is -2.07. The minimum absolute atomic E-state index is 0.422. The van der Waals surface area contributed by atoms with Crippen LogP contribution in [0, 0.1) is 0 Å². The van der Waals surface area contributed by atoms with Crippen LogP contribution in [0.4, 0.5) is 0 Å². The number of hydrogen-bond acceptors (Lipinski definition) is 3. The lowest BCUT2D eigenvalue weighted by Crippen LogP contribution is -2.29. The van der Waals surface area contributed by atoms with Gasteiger partial charge >= 0.3 is 7.12 Å². The molecule has 0 radical (unpaired) electrons. The summed E-state index contributed by atoms with van der Waals surface area (Å²) in [6.45, 7) is 0. The fraction of sp³-hybridized carbons (Fsp3) is 0. The van der Waals surface area contributed by atoms with Gasteiger partial charge in [-0.25, -0.2) is 0 Å². The third kappa shape index (κ3) is 2.01. The highest BCUT2D eigenvalue weighted by atomic mass is 16.4. The number of para-hydroxylation sites is 1. The molecule has 0 atom stereocenters. The van der Waals surface area contributed by atoms with Gasteiger partial charge < -0.3 is 14.5 Å². The molecule has 1 heterocycles. The predicted molar refractivity (Wildman–Crippen MR) is 89.0 cm³/mol. The molecule has 0 amide bonds. The highest BCUT2D eigenvalue weighted by molar-refractivity contribution is 6.59. The summed E-state index contributed by atoms with van der Waals surface area (Å²) in [7, 11) is -1.53. The first-order valence-corrected chi connectivity index (χ1v) is 7.11. The largest absolute Gasteiger partial charge is 0.488 e. The van der Waals surface area contributed by atoms with Gasteiger partial charge in [0.05, 0.1) is 0 Å². The van der Waals surface area contributed by atoms with Crippen LogP contribution in [0.3, 0.4) is 0 Å². The van der Waals surface area contributed by atoms with Crippen molar-refractivity contribution in [2.75, 3.05) is 0 Å². The van der Waals surface area contributed by atoms with Crippen LogP contribution in [0.1, 0.15) is 0 Å². The van der Waals surface area contributed by atoms with Gasteiger partial charge in [-0.15, -0.1) is 0 Å². The summed E-state index contributed by atoms with van der Waals surface area (Å²) >= 11 is 0. The van der Waals surface area contributed by atoms with Crippen molar-refractivity contribution in [3.63, 3.8) is 0 Å². The number of fused-ring (bicyclic) bond motifs is 3. The molecule has 4 heteroatoms. The Morgan fingerprint density at radius 1 is 0.773 bits per heavy atom. The quantitative estimate of drug-likeness (QED) is 0.558. The van der Waals surface area contributed by atoms with E-state index in [2.05, 4.69) is 0 Å². The van der Waals surface area contributed by atoms with Crippen molar-refractivity contribution in [3.05, 3.63) is 66.7 Å². The SMILES string of the molecule is OB(O)c1cc(-c2ccccc2)c2c(c1)oc1ccccc12. The van der Waals surface area contributed by atoms with Crippen molar-refractivity contribution >= 4 is 34.5 Å². The maximum atomic E-state index is 9.54. The highest BCUT2D eigenvalue weighted by Crippen LogP contribution is 2.35. The van der Waals surface area contributed by atoms with E-state index in [4.69, 9.17) is 4.42 Å². The summed E-state index contributed by atoms with van der Waals surface area (Å²) in [4.78, 5) is 0. The van der Waals surface area contributed by atoms with Crippen LogP contribution in [-0.4, -0.2) is 17.2 Å². The third-order valence-electron chi connectivity index (χ3n) is 3.88. The van der Waals surface area contributed by atoms with E-state index in [9.17, 15) is 10.0 Å². The maximum Gasteiger partial charge on any atom is 0.488 e. The van der Waals surface area contributed by atoms with E-state index in [0.717, 1.165) is 27.5 Å². The molecule has 4 aromatic rings. The molecule has 0 aliphatic heterocycles. The summed E-state index contributed by atoms with van der Waals surface area (Å²) in [6.07, 6.45) is 0. The van der Waals surface area contributed by atoms with Gasteiger partial charge in [0.25, 0.3) is 0 Å². The van der Waals surface area contributed by atoms with Crippen molar-refractivity contribution < 1.29 is 14.5 Å². The summed E-state index contributed by atoms with van der Waals surface area (Å²) < 4.78 is 5.88. The molecule has 0 saturated heterocycles. The fourth-order valence-electron chi connectivity index (χ4n) is 2.87. The van der Waals surface area contributed by atoms with E-state index >= 15 is 0 Å². The van der Waals surface area contributed by atoms with E-state index in [0.29, 0.717) is 11.0 Å². The van der Waals surface area contributed by atoms with Gasteiger partial charge in [0.2, 0.25) is 0 Å². The lowest BCUT2D eigenvalue weighted by atomic mass is 9.78. The average molecular weight is 288 g/mol. The molecule has 0 bridgehead atoms. The van der Waals surface area contributed by atoms with Gasteiger partial charge in [0.1, 0.15) is 11.2 Å². The Morgan fingerprint density at radius 2 is 1.50 bits per heavy atom. The van der Waals surface area contributed by atoms with Crippen LogP contribution in [0.5, 0.6) is 0 Å². The molecule has 2 N–H and O–H groups in total. The van der Waals surface area contributed by atoms with Crippen LogP contribution in [0.2, 0.25) is 0 Å². The third-order valence-corrected chi connectivity index (χ3v) is 3.88. The summed E-state index contributed by atoms with van der Waals surface area (Å²) in [6, 6.07) is 21.2. The molecule has 3 aromatic carbocycles. The van der Waals surface area contributed by atoms with Gasteiger partial charge in [-0.1, -0.05) is 54.6 Å². The van der Waals surface area contributed by atoms with E-state index in [1.807, 2.05) is 60.7 Å². The average Bonchev–Trinajstić information content (AvgIpc) is 2.93. The zero-order valence-electron chi connectivity index (χ0n) is 11.7. The Labute approximate surface area is 127 Å². The minimum Gasteiger partial charge on any atom is -0.456 e. The van der Waals surface area contributed by atoms with Crippen molar-refractivity contribution in [1.29, 1.82) is 0 Å². The van der Waals surface area contributed by atoms with Crippen molar-refractivity contribution in [2.45, 2.75) is 0 Å². The number of benzene rings is 3. The first kappa shape index (κ1) is 13.1. The Morgan fingerprint density at radius 3 is 2.27 bits per heavy atom. The summed E-state index contributed by atoms with van der Waals surface area (Å²) in [5.74, 6) is 0. The molecule has 22 heavy (non-hydrogen) atoms. The Hall–Kier alpha value is -2.56. The molecule has 0 saturated carbocycles. The molecule has 0 fully saturated rings. The Bertz CT molecular complexity index is 958. The Kier molecular flexibility index (Phi) is 3.00. The van der Waals surface area contributed by atoms with Crippen LogP contribution in [-0.2, 0) is 0 Å². The lowest BCUT2D eigenvalue weighted by molar-refractivity contribution is 0.426. The standard InChI is InChI=1S/C18H13BO3/c20-19(21)13-10-15(12-6-2-1-3-7-12)18-14-8-4-5-9-16(14)22-17(18)11-13/h1-11,20-21H. The predicted octanol–water partition coefficient (Wildman–Crippen LogP) is 2.93. The topological polar surface area (TPSA) is 53.6 Å². The van der Waals surface area contributed by atoms with Gasteiger partial charge in [-0.05, 0) is 28.7 Å². The summed E-state index contributed by atoms with van der Waals surface area (Å²) in [5, 5.41) is 21.1. The first-order valence-electron chi connectivity index (χ1n) is 7.11. The van der Waals surface area contributed by atoms with E-state index in [-0.39, 0.29) is 0 Å². The molecule has 0 unspecified atom stereocenters. The molecular formula is C18H13BO3. The monoisotopic (exact) mass is 288 g/mol. The second-order valence-electron chi connectivity index (χ2n) is 5.28. The second-order valence-corrected chi connectivity index (χ2v) is 5.28. The normalized spacial score (nSPS) is 11.2. The fourth-order valence-corrected chi connectivity index (χ4v) is 2.87. The molecule has 0 aliphatic carbocycles. The van der Waals surface area contributed by atoms with E-state index < -0.39 is 7.12 Å². The van der Waals surface area contributed by atoms with Crippen molar-refractivity contribution in [1.82, 2.24) is 0 Å². The maximum absolute atomic E-state index is 9.54. The van der Waals surface area contributed by atoms with Gasteiger partial charge in [-0.2, -0.15) is 0 Å².